The summed E-state index contributed by atoms with van der Waals surface area (Å²) < 4.78 is 22.1. The van der Waals surface area contributed by atoms with Crippen LogP contribution >= 0.6 is 22.7 Å². The van der Waals surface area contributed by atoms with Crippen molar-refractivity contribution in [3.05, 3.63) is 25.8 Å². The van der Waals surface area contributed by atoms with Crippen LogP contribution in [0.4, 0.5) is 5.00 Å². The second-order valence-electron chi connectivity index (χ2n) is 8.37. The summed E-state index contributed by atoms with van der Waals surface area (Å²) in [5.74, 6) is -0.174. The number of rotatable bonds is 9. The van der Waals surface area contributed by atoms with Crippen LogP contribution in [0.1, 0.15) is 82.8 Å². The van der Waals surface area contributed by atoms with E-state index >= 15 is 0 Å². The van der Waals surface area contributed by atoms with Gasteiger partial charge >= 0.3 is 11.9 Å². The molecule has 0 aromatic carbocycles. The van der Waals surface area contributed by atoms with E-state index in [0.717, 1.165) is 11.2 Å². The van der Waals surface area contributed by atoms with Crippen molar-refractivity contribution in [3.8, 4) is 11.5 Å². The average molecular weight is 508 g/mol. The van der Waals surface area contributed by atoms with E-state index in [1.165, 1.54) is 22.7 Å². The van der Waals surface area contributed by atoms with E-state index in [9.17, 15) is 14.4 Å². The van der Waals surface area contributed by atoms with Gasteiger partial charge in [-0.3, -0.25) is 0 Å². The predicted molar refractivity (Wildman–Crippen MR) is 132 cm³/mol. The molecule has 3 heterocycles. The highest BCUT2D eigenvalue weighted by Crippen LogP contribution is 2.48. The topological polar surface area (TPSA) is 100 Å². The molecule has 2 aromatic heterocycles. The van der Waals surface area contributed by atoms with E-state index in [1.807, 2.05) is 27.7 Å². The lowest BCUT2D eigenvalue weighted by Gasteiger charge is -2.21. The van der Waals surface area contributed by atoms with Crippen LogP contribution < -0.4 is 9.47 Å². The Labute approximate surface area is 206 Å². The molecule has 0 saturated carbocycles. The number of carbonyl (C=O) groups excluding carboxylic acids is 3. The van der Waals surface area contributed by atoms with Crippen molar-refractivity contribution in [2.75, 3.05) is 26.4 Å². The second kappa shape index (κ2) is 10.7. The third kappa shape index (κ3) is 5.02. The lowest BCUT2D eigenvalue weighted by Crippen LogP contribution is -2.21. The monoisotopic (exact) mass is 507 g/mol. The van der Waals surface area contributed by atoms with Gasteiger partial charge < -0.3 is 23.7 Å². The molecule has 1 aliphatic heterocycles. The van der Waals surface area contributed by atoms with Gasteiger partial charge in [0.15, 0.2) is 11.5 Å². The molecule has 8 nitrogen and oxygen atoms in total. The van der Waals surface area contributed by atoms with Gasteiger partial charge in [-0.1, -0.05) is 13.8 Å². The molecule has 0 radical (unpaired) electrons. The molecule has 0 aliphatic carbocycles. The quantitative estimate of drug-likeness (QED) is 0.258. The number of aldehydes is 1. The Bertz CT molecular complexity index is 1110. The van der Waals surface area contributed by atoms with Gasteiger partial charge in [0.1, 0.15) is 30.1 Å². The van der Waals surface area contributed by atoms with Gasteiger partial charge in [0.05, 0.1) is 33.9 Å². The first-order chi connectivity index (χ1) is 16.2. The van der Waals surface area contributed by atoms with Gasteiger partial charge in [-0.05, 0) is 33.6 Å². The highest BCUT2D eigenvalue weighted by Gasteiger charge is 2.34. The number of fused-ring (bicyclic) bond motifs is 1. The van der Waals surface area contributed by atoms with E-state index in [0.29, 0.717) is 39.5 Å². The average Bonchev–Trinajstić information content (AvgIpc) is 3.37. The highest BCUT2D eigenvalue weighted by molar-refractivity contribution is 7.17. The summed E-state index contributed by atoms with van der Waals surface area (Å²) in [7, 11) is 0. The van der Waals surface area contributed by atoms with E-state index in [4.69, 9.17) is 18.9 Å². The molecule has 0 unspecified atom stereocenters. The van der Waals surface area contributed by atoms with Crippen LogP contribution in [-0.4, -0.2) is 50.9 Å². The number of esters is 2. The largest absolute Gasteiger partial charge is 0.485 e. The Kier molecular flexibility index (Phi) is 8.14. The standard InChI is InChI=1S/C24H29NO7S2/c1-7-29-22(27)15-16(23(28)30-8-2)21(34-19(15)13(3)4)25-11-14-17-18(32-10-9-31-17)20(33-14)24(5,6)12-26/h11-13H,7-10H2,1-6H3/b25-11+. The molecule has 10 heteroatoms. The maximum absolute atomic E-state index is 12.9. The van der Waals surface area contributed by atoms with E-state index in [-0.39, 0.29) is 30.3 Å². The fourth-order valence-electron chi connectivity index (χ4n) is 3.39. The summed E-state index contributed by atoms with van der Waals surface area (Å²) >= 11 is 2.60. The number of hydrogen-bond acceptors (Lipinski definition) is 10. The van der Waals surface area contributed by atoms with Crippen molar-refractivity contribution in [2.24, 2.45) is 4.99 Å². The third-order valence-electron chi connectivity index (χ3n) is 5.00. The van der Waals surface area contributed by atoms with Gasteiger partial charge in [-0.15, -0.1) is 22.7 Å². The molecule has 0 saturated heterocycles. The number of nitrogens with zero attached hydrogens (tertiary/aromatic N) is 1. The third-order valence-corrected chi connectivity index (χ3v) is 7.83. The summed E-state index contributed by atoms with van der Waals surface area (Å²) in [5.41, 5.74) is -0.466. The molecule has 0 amide bonds. The lowest BCUT2D eigenvalue weighted by molar-refractivity contribution is -0.111. The molecule has 0 fully saturated rings. The van der Waals surface area contributed by atoms with Crippen molar-refractivity contribution < 1.29 is 33.3 Å². The van der Waals surface area contributed by atoms with Crippen molar-refractivity contribution in [3.63, 3.8) is 0 Å². The predicted octanol–water partition coefficient (Wildman–Crippen LogP) is 5.28. The normalized spacial score (nSPS) is 13.4. The van der Waals surface area contributed by atoms with E-state index in [2.05, 4.69) is 4.99 Å². The molecule has 184 valence electrons. The molecule has 34 heavy (non-hydrogen) atoms. The van der Waals surface area contributed by atoms with Gasteiger partial charge in [0, 0.05) is 11.1 Å². The maximum Gasteiger partial charge on any atom is 0.342 e. The Morgan fingerprint density at radius 1 is 1.03 bits per heavy atom. The van der Waals surface area contributed by atoms with Crippen molar-refractivity contribution in [1.82, 2.24) is 0 Å². The molecule has 3 rings (SSSR count). The van der Waals surface area contributed by atoms with E-state index < -0.39 is 17.4 Å². The van der Waals surface area contributed by atoms with Crippen LogP contribution in [0.2, 0.25) is 0 Å². The van der Waals surface area contributed by atoms with Crippen molar-refractivity contribution in [1.29, 1.82) is 0 Å². The fourth-order valence-corrected chi connectivity index (χ4v) is 5.63. The first-order valence-corrected chi connectivity index (χ1v) is 12.7. The molecular weight excluding hydrogens is 478 g/mol. The minimum absolute atomic E-state index is 0.0345. The van der Waals surface area contributed by atoms with Gasteiger partial charge in [-0.25, -0.2) is 14.6 Å². The van der Waals surface area contributed by atoms with Crippen LogP contribution in [0.15, 0.2) is 4.99 Å². The Morgan fingerprint density at radius 3 is 2.18 bits per heavy atom. The Morgan fingerprint density at radius 2 is 1.62 bits per heavy atom. The first-order valence-electron chi connectivity index (χ1n) is 11.1. The molecule has 0 N–H and O–H groups in total. The van der Waals surface area contributed by atoms with Gasteiger partial charge in [0.2, 0.25) is 0 Å². The number of thiophene rings is 2. The highest BCUT2D eigenvalue weighted by atomic mass is 32.1. The van der Waals surface area contributed by atoms with Crippen LogP contribution in [0.3, 0.4) is 0 Å². The zero-order valence-corrected chi connectivity index (χ0v) is 21.8. The molecule has 2 aromatic rings. The summed E-state index contributed by atoms with van der Waals surface area (Å²) in [5, 5.41) is 0.347. The molecule has 0 spiro atoms. The molecule has 1 aliphatic rings. The smallest absolute Gasteiger partial charge is 0.342 e. The Hall–Kier alpha value is -2.72. The summed E-state index contributed by atoms with van der Waals surface area (Å²) in [6, 6.07) is 0. The fraction of sp³-hybridized carbons (Fsp3) is 0.500. The minimum Gasteiger partial charge on any atom is -0.485 e. The van der Waals surface area contributed by atoms with Crippen molar-refractivity contribution >= 4 is 52.1 Å². The summed E-state index contributed by atoms with van der Waals surface area (Å²) in [6.07, 6.45) is 2.45. The first kappa shape index (κ1) is 25.9. The number of hydrogen-bond donors (Lipinski definition) is 0. The second-order valence-corrected chi connectivity index (χ2v) is 10.4. The number of aliphatic imine (C=N–C) groups is 1. The summed E-state index contributed by atoms with van der Waals surface area (Å²) in [6.45, 7) is 12.0. The Balaban J connectivity index is 2.15. The number of carbonyl (C=O) groups is 3. The zero-order chi connectivity index (χ0) is 25.0. The minimum atomic E-state index is -0.761. The van der Waals surface area contributed by atoms with Gasteiger partial charge in [-0.2, -0.15) is 0 Å². The lowest BCUT2D eigenvalue weighted by atomic mass is 9.93. The summed E-state index contributed by atoms with van der Waals surface area (Å²) in [4.78, 5) is 44.0. The van der Waals surface area contributed by atoms with Crippen LogP contribution in [0.25, 0.3) is 0 Å². The number of ether oxygens (including phenoxy) is 4. The van der Waals surface area contributed by atoms with E-state index in [1.54, 1.807) is 20.1 Å². The molecule has 0 bridgehead atoms. The van der Waals surface area contributed by atoms with Gasteiger partial charge in [0.25, 0.3) is 0 Å². The van der Waals surface area contributed by atoms with Crippen LogP contribution in [-0.2, 0) is 19.7 Å². The molecular formula is C24H29NO7S2. The maximum atomic E-state index is 12.9. The van der Waals surface area contributed by atoms with Crippen LogP contribution in [0, 0.1) is 0 Å². The molecule has 0 atom stereocenters. The van der Waals surface area contributed by atoms with Crippen molar-refractivity contribution in [2.45, 2.75) is 52.9 Å². The van der Waals surface area contributed by atoms with Crippen LogP contribution in [0.5, 0.6) is 11.5 Å². The zero-order valence-electron chi connectivity index (χ0n) is 20.2. The SMILES string of the molecule is CCOC(=O)c1c(/N=C/c2sc(C(C)(C)C=O)c3c2OCCO3)sc(C(C)C)c1C(=O)OCC.